The van der Waals surface area contributed by atoms with Gasteiger partial charge in [-0.05, 0) is 48.0 Å². The molecule has 3 aromatic carbocycles. The van der Waals surface area contributed by atoms with Crippen LogP contribution in [0.1, 0.15) is 10.4 Å². The number of nitrogens with one attached hydrogen (secondary N) is 1. The summed E-state index contributed by atoms with van der Waals surface area (Å²) in [6.45, 7) is 0. The summed E-state index contributed by atoms with van der Waals surface area (Å²) in [4.78, 5) is 12.3. The Morgan fingerprint density at radius 3 is 2.21 bits per heavy atom. The van der Waals surface area contributed by atoms with Gasteiger partial charge in [-0.2, -0.15) is 0 Å². The molecule has 24 heavy (non-hydrogen) atoms. The molecule has 0 saturated carbocycles. The van der Waals surface area contributed by atoms with Gasteiger partial charge in [0.05, 0.1) is 7.11 Å². The fourth-order valence-corrected chi connectivity index (χ4v) is 2.37. The van der Waals surface area contributed by atoms with Crippen LogP contribution in [0.3, 0.4) is 0 Å². The second-order valence-corrected chi connectivity index (χ2v) is 5.24. The highest BCUT2D eigenvalue weighted by Gasteiger charge is 2.08. The Labute approximate surface area is 139 Å². The van der Waals surface area contributed by atoms with Gasteiger partial charge in [0.2, 0.25) is 0 Å². The highest BCUT2D eigenvalue weighted by atomic mass is 19.1. The Bertz CT molecular complexity index is 842. The average molecular weight is 321 g/mol. The minimum Gasteiger partial charge on any atom is -0.497 e. The van der Waals surface area contributed by atoms with Gasteiger partial charge in [-0.25, -0.2) is 4.39 Å². The number of benzene rings is 3. The predicted molar refractivity (Wildman–Crippen MR) is 92.8 cm³/mol. The summed E-state index contributed by atoms with van der Waals surface area (Å²) < 4.78 is 18.9. The summed E-state index contributed by atoms with van der Waals surface area (Å²) in [5, 5.41) is 2.81. The topological polar surface area (TPSA) is 38.3 Å². The molecule has 3 nitrogen and oxygen atoms in total. The van der Waals surface area contributed by atoms with Gasteiger partial charge in [-0.1, -0.05) is 30.3 Å². The fourth-order valence-electron chi connectivity index (χ4n) is 2.37. The Morgan fingerprint density at radius 1 is 0.917 bits per heavy atom. The van der Waals surface area contributed by atoms with Crippen molar-refractivity contribution < 1.29 is 13.9 Å². The van der Waals surface area contributed by atoms with E-state index in [1.165, 1.54) is 6.07 Å². The lowest BCUT2D eigenvalue weighted by Gasteiger charge is -2.08. The molecular formula is C20H16FNO2. The number of halogens is 1. The molecule has 0 heterocycles. The van der Waals surface area contributed by atoms with E-state index in [0.29, 0.717) is 16.8 Å². The highest BCUT2D eigenvalue weighted by molar-refractivity contribution is 6.04. The first-order valence-corrected chi connectivity index (χ1v) is 7.48. The number of methoxy groups -OCH3 is 1. The normalized spacial score (nSPS) is 10.2. The summed E-state index contributed by atoms with van der Waals surface area (Å²) in [5.74, 6) is 0.218. The quantitative estimate of drug-likeness (QED) is 0.753. The van der Waals surface area contributed by atoms with E-state index < -0.39 is 0 Å². The highest BCUT2D eigenvalue weighted by Crippen LogP contribution is 2.23. The number of amides is 1. The van der Waals surface area contributed by atoms with Crippen LogP contribution in [0.25, 0.3) is 11.1 Å². The van der Waals surface area contributed by atoms with Crippen LogP contribution >= 0.6 is 0 Å². The van der Waals surface area contributed by atoms with E-state index in [4.69, 9.17) is 4.74 Å². The largest absolute Gasteiger partial charge is 0.497 e. The smallest absolute Gasteiger partial charge is 0.255 e. The minimum atomic E-state index is -0.284. The lowest BCUT2D eigenvalue weighted by atomic mass is 10.0. The molecule has 0 unspecified atom stereocenters. The Kier molecular flexibility index (Phi) is 4.57. The van der Waals surface area contributed by atoms with Gasteiger partial charge in [0, 0.05) is 16.8 Å². The van der Waals surface area contributed by atoms with E-state index >= 15 is 0 Å². The van der Waals surface area contributed by atoms with Crippen LogP contribution in [0.4, 0.5) is 10.1 Å². The number of rotatable bonds is 4. The van der Waals surface area contributed by atoms with Crippen molar-refractivity contribution >= 4 is 11.6 Å². The molecule has 0 saturated heterocycles. The van der Waals surface area contributed by atoms with Crippen LogP contribution in [-0.4, -0.2) is 13.0 Å². The maximum Gasteiger partial charge on any atom is 0.255 e. The van der Waals surface area contributed by atoms with Crippen LogP contribution in [0.15, 0.2) is 72.8 Å². The third-order valence-corrected chi connectivity index (χ3v) is 3.68. The third kappa shape index (κ3) is 3.43. The summed E-state index contributed by atoms with van der Waals surface area (Å²) in [6, 6.07) is 20.5. The summed E-state index contributed by atoms with van der Waals surface area (Å²) in [6.07, 6.45) is 0. The SMILES string of the molecule is COc1ccc(NC(=O)c2ccc(-c3ccccc3F)cc2)cc1. The minimum absolute atomic E-state index is 0.222. The maximum atomic E-state index is 13.8. The lowest BCUT2D eigenvalue weighted by molar-refractivity contribution is 0.102. The second kappa shape index (κ2) is 6.96. The van der Waals surface area contributed by atoms with Gasteiger partial charge in [0.25, 0.3) is 5.91 Å². The van der Waals surface area contributed by atoms with Crippen molar-refractivity contribution in [2.75, 3.05) is 12.4 Å². The molecule has 3 rings (SSSR count). The van der Waals surface area contributed by atoms with Crippen molar-refractivity contribution in [1.29, 1.82) is 0 Å². The van der Waals surface area contributed by atoms with Gasteiger partial charge >= 0.3 is 0 Å². The predicted octanol–water partition coefficient (Wildman–Crippen LogP) is 4.75. The Morgan fingerprint density at radius 2 is 1.58 bits per heavy atom. The van der Waals surface area contributed by atoms with Crippen LogP contribution < -0.4 is 10.1 Å². The zero-order chi connectivity index (χ0) is 16.9. The van der Waals surface area contributed by atoms with E-state index in [9.17, 15) is 9.18 Å². The third-order valence-electron chi connectivity index (χ3n) is 3.68. The van der Waals surface area contributed by atoms with Crippen molar-refractivity contribution in [2.24, 2.45) is 0 Å². The molecule has 120 valence electrons. The first kappa shape index (κ1) is 15.7. The molecule has 0 aromatic heterocycles. The average Bonchev–Trinajstić information content (AvgIpc) is 2.63. The molecule has 3 aromatic rings. The number of carbonyl (C=O) groups is 1. The molecule has 0 aliphatic rings. The van der Waals surface area contributed by atoms with Crippen LogP contribution in [-0.2, 0) is 0 Å². The molecule has 0 bridgehead atoms. The first-order valence-electron chi connectivity index (χ1n) is 7.48. The second-order valence-electron chi connectivity index (χ2n) is 5.24. The summed E-state index contributed by atoms with van der Waals surface area (Å²) in [5.41, 5.74) is 2.43. The molecule has 1 amide bonds. The van der Waals surface area contributed by atoms with Crippen molar-refractivity contribution in [3.8, 4) is 16.9 Å². The van der Waals surface area contributed by atoms with Crippen LogP contribution in [0.5, 0.6) is 5.75 Å². The molecule has 0 aliphatic carbocycles. The van der Waals surface area contributed by atoms with Gasteiger partial charge < -0.3 is 10.1 Å². The molecule has 0 atom stereocenters. The Hall–Kier alpha value is -3.14. The van der Waals surface area contributed by atoms with Crippen LogP contribution in [0, 0.1) is 5.82 Å². The van der Waals surface area contributed by atoms with Gasteiger partial charge in [-0.15, -0.1) is 0 Å². The fraction of sp³-hybridized carbons (Fsp3) is 0.0500. The molecule has 0 radical (unpaired) electrons. The van der Waals surface area contributed by atoms with Crippen molar-refractivity contribution in [1.82, 2.24) is 0 Å². The molecule has 0 fully saturated rings. The molecule has 1 N–H and O–H groups in total. The molecule has 0 spiro atoms. The molecule has 0 aliphatic heterocycles. The van der Waals surface area contributed by atoms with Gasteiger partial charge in [-0.3, -0.25) is 4.79 Å². The van der Waals surface area contributed by atoms with Crippen molar-refractivity contribution in [2.45, 2.75) is 0 Å². The number of ether oxygens (including phenoxy) is 1. The monoisotopic (exact) mass is 321 g/mol. The van der Waals surface area contributed by atoms with Crippen LogP contribution in [0.2, 0.25) is 0 Å². The first-order chi connectivity index (χ1) is 11.7. The van der Waals surface area contributed by atoms with E-state index in [1.54, 1.807) is 73.8 Å². The van der Waals surface area contributed by atoms with E-state index in [2.05, 4.69) is 5.32 Å². The summed E-state index contributed by atoms with van der Waals surface area (Å²) in [7, 11) is 1.59. The Balaban J connectivity index is 1.75. The molecule has 4 heteroatoms. The zero-order valence-electron chi connectivity index (χ0n) is 13.1. The molecular weight excluding hydrogens is 305 g/mol. The van der Waals surface area contributed by atoms with Gasteiger partial charge in [0.1, 0.15) is 11.6 Å². The van der Waals surface area contributed by atoms with E-state index in [1.807, 2.05) is 0 Å². The lowest BCUT2D eigenvalue weighted by Crippen LogP contribution is -2.11. The number of hydrogen-bond acceptors (Lipinski definition) is 2. The standard InChI is InChI=1S/C20H16FNO2/c1-24-17-12-10-16(11-13-17)22-20(23)15-8-6-14(7-9-15)18-4-2-3-5-19(18)21/h2-13H,1H3,(H,22,23). The number of anilines is 1. The number of carbonyl (C=O) groups excluding carboxylic acids is 1. The van der Waals surface area contributed by atoms with E-state index in [0.717, 1.165) is 11.3 Å². The van der Waals surface area contributed by atoms with Gasteiger partial charge in [0.15, 0.2) is 0 Å². The summed E-state index contributed by atoms with van der Waals surface area (Å²) >= 11 is 0. The van der Waals surface area contributed by atoms with Crippen molar-refractivity contribution in [3.05, 3.63) is 84.2 Å². The number of hydrogen-bond donors (Lipinski definition) is 1. The maximum absolute atomic E-state index is 13.8. The van der Waals surface area contributed by atoms with Crippen molar-refractivity contribution in [3.63, 3.8) is 0 Å². The zero-order valence-corrected chi connectivity index (χ0v) is 13.1. The van der Waals surface area contributed by atoms with E-state index in [-0.39, 0.29) is 11.7 Å².